The molecule has 0 radical (unpaired) electrons. The summed E-state index contributed by atoms with van der Waals surface area (Å²) in [5, 5.41) is 17.6. The fraction of sp³-hybridized carbons (Fsp3) is 0. The number of hydrogen-bond acceptors (Lipinski definition) is 0. The zero-order valence-electron chi connectivity index (χ0n) is 34.8. The number of hydrogen-bond donors (Lipinski definition) is 0. The van der Waals surface area contributed by atoms with Gasteiger partial charge in [0.05, 0.1) is 22.1 Å². The Labute approximate surface area is 369 Å². The molecule has 2 heteroatoms. The molecule has 0 N–H and O–H groups in total. The molecule has 12 aromatic carbocycles. The van der Waals surface area contributed by atoms with Crippen molar-refractivity contribution in [2.75, 3.05) is 0 Å². The summed E-state index contributed by atoms with van der Waals surface area (Å²) in [7, 11) is 0. The van der Waals surface area contributed by atoms with E-state index in [0.29, 0.717) is 0 Å². The van der Waals surface area contributed by atoms with Gasteiger partial charge in [-0.3, -0.25) is 0 Å². The third-order valence-corrected chi connectivity index (χ3v) is 13.8. The summed E-state index contributed by atoms with van der Waals surface area (Å²) in [5.74, 6) is 0. The molecule has 0 spiro atoms. The minimum Gasteiger partial charge on any atom is -0.309 e. The van der Waals surface area contributed by atoms with E-state index < -0.39 is 0 Å². The maximum absolute atomic E-state index is 2.53. The van der Waals surface area contributed by atoms with Gasteiger partial charge in [0, 0.05) is 43.7 Å². The van der Waals surface area contributed by atoms with Crippen molar-refractivity contribution in [3.63, 3.8) is 0 Å². The topological polar surface area (TPSA) is 9.86 Å². The average Bonchev–Trinajstić information content (AvgIpc) is 3.90. The van der Waals surface area contributed by atoms with Gasteiger partial charge in [0.25, 0.3) is 0 Å². The van der Waals surface area contributed by atoms with E-state index in [9.17, 15) is 0 Å². The third kappa shape index (κ3) is 5.02. The quantitative estimate of drug-likeness (QED) is 0.157. The highest BCUT2D eigenvalue weighted by Gasteiger charge is 2.26. The van der Waals surface area contributed by atoms with Crippen molar-refractivity contribution in [3.05, 3.63) is 231 Å². The smallest absolute Gasteiger partial charge is 0.0633 e. The third-order valence-electron chi connectivity index (χ3n) is 13.8. The van der Waals surface area contributed by atoms with Crippen molar-refractivity contribution < 1.29 is 0 Å². The van der Waals surface area contributed by atoms with Crippen molar-refractivity contribution in [2.45, 2.75) is 0 Å². The fourth-order valence-corrected chi connectivity index (χ4v) is 11.0. The van der Waals surface area contributed by atoms with E-state index in [2.05, 4.69) is 240 Å². The number of aromatic nitrogens is 2. The van der Waals surface area contributed by atoms with Gasteiger partial charge in [-0.25, -0.2) is 0 Å². The number of para-hydroxylation sites is 2. The summed E-state index contributed by atoms with van der Waals surface area (Å²) < 4.78 is 5.07. The second-order valence-electron chi connectivity index (χ2n) is 17.2. The molecule has 64 heavy (non-hydrogen) atoms. The standard InChI is InChI=1S/C62H38N2/c1-3-15-43-37-45(27-25-39(43)13-1)41-29-33-47(34-30-41)63-55-23-11-9-21-53(55)57-49-17-5-8-20-52(49)60-59(61(57)63)51-19-7-6-18-50(51)58-54-22-10-12-24-56(54)64(62(58)60)48-35-31-42(32-36-48)46-28-26-40-14-2-4-16-44(40)38-46/h1-38H. The summed E-state index contributed by atoms with van der Waals surface area (Å²) in [6, 6.07) is 85.3. The highest BCUT2D eigenvalue weighted by molar-refractivity contribution is 6.44. The SMILES string of the molecule is c1ccc2cc(-c3ccc(-n4c5ccccc5c5c6ccccc6c6c(c7ccccc7c7c8ccccc8n(-c8ccc(-c9ccc%10ccccc%10c9)cc8)c76)c54)cc3)ccc2c1. The summed E-state index contributed by atoms with van der Waals surface area (Å²) in [4.78, 5) is 0. The van der Waals surface area contributed by atoms with Crippen LogP contribution >= 0.6 is 0 Å². The Hall–Kier alpha value is -8.46. The number of benzene rings is 12. The van der Waals surface area contributed by atoms with Crippen LogP contribution in [0.1, 0.15) is 0 Å². The van der Waals surface area contributed by atoms with Gasteiger partial charge in [-0.1, -0.05) is 182 Å². The maximum Gasteiger partial charge on any atom is 0.0633 e. The molecule has 2 heterocycles. The molecule has 2 aromatic heterocycles. The Bertz CT molecular complexity index is 3950. The molecule has 0 saturated heterocycles. The van der Waals surface area contributed by atoms with Crippen LogP contribution in [-0.2, 0) is 0 Å². The minimum atomic E-state index is 1.14. The number of fused-ring (bicyclic) bond motifs is 17. The van der Waals surface area contributed by atoms with Crippen molar-refractivity contribution in [3.8, 4) is 33.6 Å². The van der Waals surface area contributed by atoms with Crippen molar-refractivity contribution in [1.29, 1.82) is 0 Å². The lowest BCUT2D eigenvalue weighted by Crippen LogP contribution is -1.98. The molecule has 2 nitrogen and oxygen atoms in total. The Morgan fingerprint density at radius 2 is 0.531 bits per heavy atom. The minimum absolute atomic E-state index is 1.14. The van der Waals surface area contributed by atoms with Gasteiger partial charge in [-0.15, -0.1) is 0 Å². The molecule has 0 aliphatic carbocycles. The normalized spacial score (nSPS) is 12.1. The summed E-state index contributed by atoms with van der Waals surface area (Å²) in [6.07, 6.45) is 0. The van der Waals surface area contributed by atoms with E-state index >= 15 is 0 Å². The Morgan fingerprint density at radius 1 is 0.219 bits per heavy atom. The highest BCUT2D eigenvalue weighted by atomic mass is 15.0. The van der Waals surface area contributed by atoms with Gasteiger partial charge in [-0.05, 0) is 114 Å². The molecule has 14 rings (SSSR count). The van der Waals surface area contributed by atoms with E-state index in [0.717, 1.165) is 11.4 Å². The predicted molar refractivity (Wildman–Crippen MR) is 274 cm³/mol. The molecule has 296 valence electrons. The van der Waals surface area contributed by atoms with Crippen LogP contribution in [0.4, 0.5) is 0 Å². The first-order chi connectivity index (χ1) is 31.8. The van der Waals surface area contributed by atoms with Crippen LogP contribution < -0.4 is 0 Å². The lowest BCUT2D eigenvalue weighted by Gasteiger charge is -2.18. The summed E-state index contributed by atoms with van der Waals surface area (Å²) in [6.45, 7) is 0. The molecule has 0 unspecified atom stereocenters. The van der Waals surface area contributed by atoms with Gasteiger partial charge in [0.1, 0.15) is 0 Å². The number of nitrogens with zero attached hydrogens (tertiary/aromatic N) is 2. The predicted octanol–water partition coefficient (Wildman–Crippen LogP) is 17.0. The molecule has 0 aliphatic rings. The monoisotopic (exact) mass is 810 g/mol. The van der Waals surface area contributed by atoms with E-state index in [1.807, 2.05) is 0 Å². The van der Waals surface area contributed by atoms with Gasteiger partial charge in [-0.2, -0.15) is 0 Å². The zero-order valence-corrected chi connectivity index (χ0v) is 34.8. The van der Waals surface area contributed by atoms with Crippen molar-refractivity contribution in [2.24, 2.45) is 0 Å². The molecule has 0 amide bonds. The molecule has 0 saturated carbocycles. The highest BCUT2D eigenvalue weighted by Crippen LogP contribution is 2.50. The van der Waals surface area contributed by atoms with Crippen LogP contribution in [0.3, 0.4) is 0 Å². The number of rotatable bonds is 4. The van der Waals surface area contributed by atoms with Gasteiger partial charge in [0.15, 0.2) is 0 Å². The van der Waals surface area contributed by atoms with Crippen LogP contribution in [-0.4, -0.2) is 9.13 Å². The molecule has 14 aromatic rings. The van der Waals surface area contributed by atoms with E-state index in [-0.39, 0.29) is 0 Å². The van der Waals surface area contributed by atoms with Gasteiger partial charge >= 0.3 is 0 Å². The first kappa shape index (κ1) is 35.2. The van der Waals surface area contributed by atoms with Crippen LogP contribution in [0.25, 0.3) is 131 Å². The molecule has 0 atom stereocenters. The second-order valence-corrected chi connectivity index (χ2v) is 17.2. The average molecular weight is 811 g/mol. The van der Waals surface area contributed by atoms with Crippen LogP contribution in [0.5, 0.6) is 0 Å². The van der Waals surface area contributed by atoms with E-state index in [1.54, 1.807) is 0 Å². The van der Waals surface area contributed by atoms with Crippen LogP contribution in [0.2, 0.25) is 0 Å². The van der Waals surface area contributed by atoms with Crippen LogP contribution in [0.15, 0.2) is 231 Å². The van der Waals surface area contributed by atoms with Crippen LogP contribution in [0, 0.1) is 0 Å². The summed E-state index contributed by atoms with van der Waals surface area (Å²) >= 11 is 0. The van der Waals surface area contributed by atoms with Gasteiger partial charge in [0.2, 0.25) is 0 Å². The molecular weight excluding hydrogens is 773 g/mol. The first-order valence-electron chi connectivity index (χ1n) is 22.2. The van der Waals surface area contributed by atoms with E-state index in [1.165, 1.54) is 120 Å². The lowest BCUT2D eigenvalue weighted by molar-refractivity contribution is 1.18. The molecule has 0 bridgehead atoms. The second kappa shape index (κ2) is 13.5. The largest absolute Gasteiger partial charge is 0.309 e. The fourth-order valence-electron chi connectivity index (χ4n) is 11.0. The van der Waals surface area contributed by atoms with Gasteiger partial charge < -0.3 is 9.13 Å². The van der Waals surface area contributed by atoms with E-state index in [4.69, 9.17) is 0 Å². The van der Waals surface area contributed by atoms with Crippen molar-refractivity contribution >= 4 is 97.5 Å². The lowest BCUT2D eigenvalue weighted by atomic mass is 9.90. The molecular formula is C62H38N2. The first-order valence-corrected chi connectivity index (χ1v) is 22.2. The maximum atomic E-state index is 2.53. The molecule has 0 aliphatic heterocycles. The Balaban J connectivity index is 1.10. The zero-order chi connectivity index (χ0) is 41.9. The van der Waals surface area contributed by atoms with Crippen molar-refractivity contribution in [1.82, 2.24) is 9.13 Å². The Kier molecular flexibility index (Phi) is 7.43. The summed E-state index contributed by atoms with van der Waals surface area (Å²) in [5.41, 5.74) is 12.0. The Morgan fingerprint density at radius 3 is 0.938 bits per heavy atom. The molecule has 0 fully saturated rings.